The number of para-hydroxylation sites is 2. The van der Waals surface area contributed by atoms with Crippen LogP contribution in [0.1, 0.15) is 6.42 Å². The van der Waals surface area contributed by atoms with Crippen LogP contribution in [0.25, 0.3) is 0 Å². The summed E-state index contributed by atoms with van der Waals surface area (Å²) in [7, 11) is 1.74. The lowest BCUT2D eigenvalue weighted by atomic mass is 10.2. The second kappa shape index (κ2) is 3.42. The van der Waals surface area contributed by atoms with Gasteiger partial charge in [0.25, 0.3) is 0 Å². The second-order valence-electron chi connectivity index (χ2n) is 4.32. The predicted octanol–water partition coefficient (Wildman–Crippen LogP) is 1.25. The predicted molar refractivity (Wildman–Crippen MR) is 60.5 cm³/mol. The topological polar surface area (TPSA) is 24.5 Å². The van der Waals surface area contributed by atoms with Crippen LogP contribution in [0.4, 0.5) is 5.69 Å². The third-order valence-corrected chi connectivity index (χ3v) is 3.45. The largest absolute Gasteiger partial charge is 0.495 e. The van der Waals surface area contributed by atoms with Gasteiger partial charge in [-0.1, -0.05) is 12.1 Å². The Balaban J connectivity index is 1.92. The van der Waals surface area contributed by atoms with Gasteiger partial charge in [-0.3, -0.25) is 0 Å². The number of hydrogen-bond donors (Lipinski definition) is 1. The van der Waals surface area contributed by atoms with Gasteiger partial charge in [0, 0.05) is 25.2 Å². The average molecular weight is 204 g/mol. The first kappa shape index (κ1) is 9.04. The standard InChI is InChI=1S/C12H16N2O/c1-15-12-5-3-2-4-11(12)14-8-9-6-10(14)7-13-9/h2-5,9-10,13H,6-8H2,1H3/t9-,10-/m0/s1. The fraction of sp³-hybridized carbons (Fsp3) is 0.500. The summed E-state index contributed by atoms with van der Waals surface area (Å²) in [5.74, 6) is 0.991. The highest BCUT2D eigenvalue weighted by Gasteiger charge is 2.38. The number of nitrogens with zero attached hydrogens (tertiary/aromatic N) is 1. The van der Waals surface area contributed by atoms with Crippen LogP contribution in [-0.2, 0) is 0 Å². The van der Waals surface area contributed by atoms with Crippen molar-refractivity contribution in [1.82, 2.24) is 5.32 Å². The smallest absolute Gasteiger partial charge is 0.142 e. The Bertz CT molecular complexity index is 366. The molecular weight excluding hydrogens is 188 g/mol. The van der Waals surface area contributed by atoms with Gasteiger partial charge in [0.15, 0.2) is 0 Å². The minimum Gasteiger partial charge on any atom is -0.495 e. The molecule has 0 spiro atoms. The molecule has 2 bridgehead atoms. The molecule has 2 atom stereocenters. The van der Waals surface area contributed by atoms with Gasteiger partial charge in [0.1, 0.15) is 5.75 Å². The van der Waals surface area contributed by atoms with Crippen LogP contribution < -0.4 is 15.0 Å². The maximum atomic E-state index is 5.40. The fourth-order valence-electron chi connectivity index (χ4n) is 2.72. The number of benzene rings is 1. The van der Waals surface area contributed by atoms with Crippen molar-refractivity contribution in [3.8, 4) is 5.75 Å². The number of methoxy groups -OCH3 is 1. The van der Waals surface area contributed by atoms with Crippen molar-refractivity contribution in [2.75, 3.05) is 25.1 Å². The first-order valence-electron chi connectivity index (χ1n) is 5.51. The van der Waals surface area contributed by atoms with Gasteiger partial charge in [-0.25, -0.2) is 0 Å². The maximum Gasteiger partial charge on any atom is 0.142 e. The van der Waals surface area contributed by atoms with E-state index in [1.165, 1.54) is 12.1 Å². The van der Waals surface area contributed by atoms with E-state index in [1.54, 1.807) is 7.11 Å². The lowest BCUT2D eigenvalue weighted by molar-refractivity contribution is 0.413. The molecule has 80 valence electrons. The Kier molecular flexibility index (Phi) is 2.06. The van der Waals surface area contributed by atoms with Crippen LogP contribution in [0.3, 0.4) is 0 Å². The normalized spacial score (nSPS) is 28.5. The molecule has 0 aliphatic carbocycles. The molecule has 3 heteroatoms. The van der Waals surface area contributed by atoms with Gasteiger partial charge >= 0.3 is 0 Å². The van der Waals surface area contributed by atoms with E-state index in [0.29, 0.717) is 12.1 Å². The van der Waals surface area contributed by atoms with E-state index in [4.69, 9.17) is 4.74 Å². The van der Waals surface area contributed by atoms with E-state index < -0.39 is 0 Å². The lowest BCUT2D eigenvalue weighted by Gasteiger charge is -2.30. The molecule has 1 aromatic rings. The Labute approximate surface area is 90.0 Å². The van der Waals surface area contributed by atoms with Gasteiger partial charge in [0.2, 0.25) is 0 Å². The number of ether oxygens (including phenoxy) is 1. The van der Waals surface area contributed by atoms with Crippen molar-refractivity contribution >= 4 is 5.69 Å². The van der Waals surface area contributed by atoms with E-state index in [-0.39, 0.29) is 0 Å². The molecule has 0 radical (unpaired) electrons. The molecule has 2 heterocycles. The fourth-order valence-corrected chi connectivity index (χ4v) is 2.72. The number of piperazine rings is 1. The summed E-state index contributed by atoms with van der Waals surface area (Å²) in [6.45, 7) is 2.23. The van der Waals surface area contributed by atoms with Crippen LogP contribution in [-0.4, -0.2) is 32.3 Å². The Morgan fingerprint density at radius 1 is 1.40 bits per heavy atom. The maximum absolute atomic E-state index is 5.40. The molecule has 0 saturated carbocycles. The summed E-state index contributed by atoms with van der Waals surface area (Å²) in [6, 6.07) is 9.63. The summed E-state index contributed by atoms with van der Waals surface area (Å²) in [4.78, 5) is 2.47. The zero-order chi connectivity index (χ0) is 10.3. The van der Waals surface area contributed by atoms with Crippen molar-refractivity contribution in [3.63, 3.8) is 0 Å². The van der Waals surface area contributed by atoms with Gasteiger partial charge in [-0.2, -0.15) is 0 Å². The van der Waals surface area contributed by atoms with Gasteiger partial charge in [0.05, 0.1) is 12.8 Å². The molecule has 0 aromatic heterocycles. The van der Waals surface area contributed by atoms with E-state index in [9.17, 15) is 0 Å². The molecule has 2 fully saturated rings. The zero-order valence-electron chi connectivity index (χ0n) is 8.94. The van der Waals surface area contributed by atoms with Gasteiger partial charge < -0.3 is 15.0 Å². The summed E-state index contributed by atoms with van der Waals surface area (Å²) < 4.78 is 5.40. The van der Waals surface area contributed by atoms with Crippen LogP contribution in [0, 0.1) is 0 Å². The van der Waals surface area contributed by atoms with Crippen molar-refractivity contribution in [2.45, 2.75) is 18.5 Å². The molecule has 2 saturated heterocycles. The van der Waals surface area contributed by atoms with Crippen molar-refractivity contribution in [2.24, 2.45) is 0 Å². The number of fused-ring (bicyclic) bond motifs is 2. The van der Waals surface area contributed by atoms with Crippen LogP contribution >= 0.6 is 0 Å². The monoisotopic (exact) mass is 204 g/mol. The molecule has 0 unspecified atom stereocenters. The van der Waals surface area contributed by atoms with Crippen LogP contribution in [0.2, 0.25) is 0 Å². The zero-order valence-corrected chi connectivity index (χ0v) is 8.94. The van der Waals surface area contributed by atoms with Gasteiger partial charge in [-0.15, -0.1) is 0 Å². The molecule has 1 N–H and O–H groups in total. The van der Waals surface area contributed by atoms with Crippen molar-refractivity contribution in [1.29, 1.82) is 0 Å². The van der Waals surface area contributed by atoms with Gasteiger partial charge in [-0.05, 0) is 18.6 Å². The molecule has 3 rings (SSSR count). The second-order valence-corrected chi connectivity index (χ2v) is 4.32. The number of rotatable bonds is 2. The number of nitrogens with one attached hydrogen (secondary N) is 1. The molecule has 2 aliphatic rings. The average Bonchev–Trinajstić information content (AvgIpc) is 2.90. The first-order valence-corrected chi connectivity index (χ1v) is 5.51. The molecule has 1 aromatic carbocycles. The molecule has 3 nitrogen and oxygen atoms in total. The van der Waals surface area contributed by atoms with Crippen molar-refractivity contribution in [3.05, 3.63) is 24.3 Å². The summed E-state index contributed by atoms with van der Waals surface area (Å²) in [6.07, 6.45) is 1.28. The quantitative estimate of drug-likeness (QED) is 0.784. The highest BCUT2D eigenvalue weighted by atomic mass is 16.5. The SMILES string of the molecule is COc1ccccc1N1C[C@@H]2C[C@H]1CN2. The van der Waals surface area contributed by atoms with Crippen LogP contribution in [0.5, 0.6) is 5.75 Å². The lowest BCUT2D eigenvalue weighted by Crippen LogP contribution is -2.43. The summed E-state index contributed by atoms with van der Waals surface area (Å²) in [5.41, 5.74) is 1.24. The highest BCUT2D eigenvalue weighted by molar-refractivity contribution is 5.60. The first-order chi connectivity index (χ1) is 7.38. The molecule has 2 aliphatic heterocycles. The van der Waals surface area contributed by atoms with Crippen LogP contribution in [0.15, 0.2) is 24.3 Å². The number of hydrogen-bond acceptors (Lipinski definition) is 3. The Morgan fingerprint density at radius 3 is 2.93 bits per heavy atom. The van der Waals surface area contributed by atoms with E-state index in [2.05, 4.69) is 22.3 Å². The Morgan fingerprint density at radius 2 is 2.27 bits per heavy atom. The highest BCUT2D eigenvalue weighted by Crippen LogP contribution is 2.35. The van der Waals surface area contributed by atoms with E-state index >= 15 is 0 Å². The Hall–Kier alpha value is -1.22. The minimum absolute atomic E-state index is 0.659. The van der Waals surface area contributed by atoms with Crippen molar-refractivity contribution < 1.29 is 4.74 Å². The molecule has 0 amide bonds. The van der Waals surface area contributed by atoms with E-state index in [0.717, 1.165) is 18.8 Å². The number of anilines is 1. The van der Waals surface area contributed by atoms with E-state index in [1.807, 2.05) is 12.1 Å². The minimum atomic E-state index is 0.659. The third kappa shape index (κ3) is 1.38. The third-order valence-electron chi connectivity index (χ3n) is 3.45. The molecular formula is C12H16N2O. The summed E-state index contributed by atoms with van der Waals surface area (Å²) in [5, 5.41) is 3.51. The molecule has 15 heavy (non-hydrogen) atoms. The summed E-state index contributed by atoms with van der Waals surface area (Å²) >= 11 is 0.